The minimum atomic E-state index is -0.548. The first-order valence-corrected chi connectivity index (χ1v) is 15.2. The first kappa shape index (κ1) is 34.8. The van der Waals surface area contributed by atoms with Gasteiger partial charge in [0, 0.05) is 42.7 Å². The highest BCUT2D eigenvalue weighted by molar-refractivity contribution is 6.33. The Labute approximate surface area is 264 Å². The van der Waals surface area contributed by atoms with Gasteiger partial charge in [0.2, 0.25) is 0 Å². The zero-order valence-electron chi connectivity index (χ0n) is 26.4. The van der Waals surface area contributed by atoms with Crippen LogP contribution < -0.4 is 10.6 Å². The number of carbonyl (C=O) groups excluding carboxylic acids is 3. The Bertz CT molecular complexity index is 1440. The topological polar surface area (TPSA) is 119 Å². The monoisotopic (exact) mass is 626 g/mol. The summed E-state index contributed by atoms with van der Waals surface area (Å²) in [5.41, 5.74) is 1.27. The lowest BCUT2D eigenvalue weighted by Gasteiger charge is -2.24. The fraction of sp³-hybridized carbons (Fsp3) is 0.455. The van der Waals surface area contributed by atoms with Gasteiger partial charge in [-0.1, -0.05) is 42.8 Å². The molecule has 3 aromatic rings. The van der Waals surface area contributed by atoms with Crippen LogP contribution in [0.1, 0.15) is 61.9 Å². The molecule has 10 nitrogen and oxygen atoms in total. The Kier molecular flexibility index (Phi) is 12.9. The molecule has 1 heterocycles. The molecule has 3 rings (SSSR count). The van der Waals surface area contributed by atoms with Crippen molar-refractivity contribution in [2.24, 2.45) is 0 Å². The molecule has 0 saturated carbocycles. The molecule has 0 spiro atoms. The number of carbonyl (C=O) groups is 3. The molecule has 0 fully saturated rings. The second-order valence-corrected chi connectivity index (χ2v) is 11.8. The van der Waals surface area contributed by atoms with Gasteiger partial charge in [-0.2, -0.15) is 0 Å². The molecule has 2 N–H and O–H groups in total. The number of ether oxygens (including phenoxy) is 3. The second kappa shape index (κ2) is 16.4. The molecule has 11 heteroatoms. The minimum absolute atomic E-state index is 0.0550. The van der Waals surface area contributed by atoms with E-state index in [4.69, 9.17) is 30.8 Å². The standard InChI is InChI=1S/C33H43ClN4O6/c1-7-22(2)38(6)31(40)28-21-23-10-8-9-11-25(23)29(37-28)26-20-24(12-13-27(26)34)30(39)35-14-16-42-18-19-43-17-15-36-32(41)44-33(3,4)5/h8-13,20-22H,7,14-19H2,1-6H3,(H,35,39)(H,36,41). The zero-order valence-corrected chi connectivity index (χ0v) is 27.1. The molecule has 1 atom stereocenters. The van der Waals surface area contributed by atoms with Crippen LogP contribution in [-0.4, -0.2) is 86.0 Å². The van der Waals surface area contributed by atoms with Crippen molar-refractivity contribution in [1.29, 1.82) is 0 Å². The molecule has 0 bridgehead atoms. The number of rotatable bonds is 14. The molecule has 0 radical (unpaired) electrons. The summed E-state index contributed by atoms with van der Waals surface area (Å²) in [6.07, 6.45) is 0.332. The molecule has 238 valence electrons. The average molecular weight is 627 g/mol. The summed E-state index contributed by atoms with van der Waals surface area (Å²) in [5, 5.41) is 7.57. The van der Waals surface area contributed by atoms with Crippen LogP contribution in [-0.2, 0) is 14.2 Å². The molecule has 2 aromatic carbocycles. The van der Waals surface area contributed by atoms with Crippen molar-refractivity contribution in [2.75, 3.05) is 46.6 Å². The summed E-state index contributed by atoms with van der Waals surface area (Å²) in [5.74, 6) is -0.469. The lowest BCUT2D eigenvalue weighted by molar-refractivity contribution is 0.0400. The third-order valence-corrected chi connectivity index (χ3v) is 7.16. The van der Waals surface area contributed by atoms with Gasteiger partial charge in [0.15, 0.2) is 0 Å². The van der Waals surface area contributed by atoms with E-state index in [-0.39, 0.29) is 17.9 Å². The summed E-state index contributed by atoms with van der Waals surface area (Å²) in [7, 11) is 1.77. The molecule has 0 aliphatic carbocycles. The maximum absolute atomic E-state index is 13.3. The minimum Gasteiger partial charge on any atom is -0.444 e. The second-order valence-electron chi connectivity index (χ2n) is 11.4. The highest BCUT2D eigenvalue weighted by atomic mass is 35.5. The van der Waals surface area contributed by atoms with E-state index in [1.165, 1.54) is 0 Å². The maximum atomic E-state index is 13.3. The molecule has 3 amide bonds. The Morgan fingerprint density at radius 2 is 1.61 bits per heavy atom. The lowest BCUT2D eigenvalue weighted by Crippen LogP contribution is -2.35. The number of nitrogens with one attached hydrogen (secondary N) is 2. The smallest absolute Gasteiger partial charge is 0.407 e. The van der Waals surface area contributed by atoms with Crippen LogP contribution in [0.4, 0.5) is 4.79 Å². The fourth-order valence-electron chi connectivity index (χ4n) is 4.22. The first-order chi connectivity index (χ1) is 20.9. The van der Waals surface area contributed by atoms with Gasteiger partial charge in [-0.25, -0.2) is 9.78 Å². The summed E-state index contributed by atoms with van der Waals surface area (Å²) in [6, 6.07) is 14.5. The van der Waals surface area contributed by atoms with Crippen molar-refractivity contribution in [3.05, 3.63) is 64.8 Å². The quantitative estimate of drug-likeness (QED) is 0.220. The third-order valence-electron chi connectivity index (χ3n) is 6.83. The van der Waals surface area contributed by atoms with Crippen molar-refractivity contribution in [3.8, 4) is 11.3 Å². The van der Waals surface area contributed by atoms with E-state index < -0.39 is 11.7 Å². The van der Waals surface area contributed by atoms with E-state index in [1.807, 2.05) is 38.1 Å². The lowest BCUT2D eigenvalue weighted by atomic mass is 10.0. The van der Waals surface area contributed by atoms with Crippen molar-refractivity contribution in [1.82, 2.24) is 20.5 Å². The van der Waals surface area contributed by atoms with Crippen LogP contribution in [0.5, 0.6) is 0 Å². The number of benzene rings is 2. The van der Waals surface area contributed by atoms with E-state index in [9.17, 15) is 14.4 Å². The average Bonchev–Trinajstić information content (AvgIpc) is 2.99. The van der Waals surface area contributed by atoms with Gasteiger partial charge in [0.05, 0.1) is 37.1 Å². The molecule has 0 aliphatic rings. The van der Waals surface area contributed by atoms with E-state index in [2.05, 4.69) is 10.6 Å². The van der Waals surface area contributed by atoms with Gasteiger partial charge in [-0.05, 0) is 63.8 Å². The third kappa shape index (κ3) is 10.2. The highest BCUT2D eigenvalue weighted by Gasteiger charge is 2.21. The molecule has 1 unspecified atom stereocenters. The van der Waals surface area contributed by atoms with Crippen LogP contribution >= 0.6 is 11.6 Å². The van der Waals surface area contributed by atoms with Crippen LogP contribution in [0.3, 0.4) is 0 Å². The van der Waals surface area contributed by atoms with Gasteiger partial charge in [0.1, 0.15) is 11.3 Å². The molecular weight excluding hydrogens is 584 g/mol. The number of hydrogen-bond acceptors (Lipinski definition) is 7. The Balaban J connectivity index is 1.56. The predicted molar refractivity (Wildman–Crippen MR) is 172 cm³/mol. The van der Waals surface area contributed by atoms with Gasteiger partial charge in [-0.15, -0.1) is 0 Å². The summed E-state index contributed by atoms with van der Waals surface area (Å²) >= 11 is 6.63. The van der Waals surface area contributed by atoms with Gasteiger partial charge in [-0.3, -0.25) is 9.59 Å². The molecule has 44 heavy (non-hydrogen) atoms. The summed E-state index contributed by atoms with van der Waals surface area (Å²) in [6.45, 7) is 11.4. The maximum Gasteiger partial charge on any atom is 0.407 e. The number of amides is 3. The van der Waals surface area contributed by atoms with Crippen molar-refractivity contribution >= 4 is 40.3 Å². The Morgan fingerprint density at radius 3 is 2.27 bits per heavy atom. The highest BCUT2D eigenvalue weighted by Crippen LogP contribution is 2.33. The zero-order chi connectivity index (χ0) is 32.3. The van der Waals surface area contributed by atoms with Crippen LogP contribution in [0.2, 0.25) is 5.02 Å². The van der Waals surface area contributed by atoms with Crippen LogP contribution in [0.15, 0.2) is 48.5 Å². The first-order valence-electron chi connectivity index (χ1n) is 14.8. The number of nitrogens with zero attached hydrogens (tertiary/aromatic N) is 2. The van der Waals surface area contributed by atoms with E-state index in [1.54, 1.807) is 57.0 Å². The number of fused-ring (bicyclic) bond motifs is 1. The van der Waals surface area contributed by atoms with Crippen LogP contribution in [0.25, 0.3) is 22.0 Å². The molecule has 1 aromatic heterocycles. The number of pyridine rings is 1. The largest absolute Gasteiger partial charge is 0.444 e. The van der Waals surface area contributed by atoms with Gasteiger partial charge < -0.3 is 29.7 Å². The molecular formula is C33H43ClN4O6. The van der Waals surface area contributed by atoms with E-state index in [0.717, 1.165) is 17.2 Å². The SMILES string of the molecule is CCC(C)N(C)C(=O)c1cc2ccccc2c(-c2cc(C(=O)NCCOCCOCCNC(=O)OC(C)(C)C)ccc2Cl)n1. The number of hydrogen-bond donors (Lipinski definition) is 2. The fourth-order valence-corrected chi connectivity index (χ4v) is 4.42. The Hall–Kier alpha value is -3.73. The number of halogens is 1. The predicted octanol–water partition coefficient (Wildman–Crippen LogP) is 5.71. The number of aromatic nitrogens is 1. The summed E-state index contributed by atoms with van der Waals surface area (Å²) < 4.78 is 16.1. The van der Waals surface area contributed by atoms with Crippen molar-refractivity contribution in [2.45, 2.75) is 52.7 Å². The summed E-state index contributed by atoms with van der Waals surface area (Å²) in [4.78, 5) is 44.3. The molecule has 0 saturated heterocycles. The normalized spacial score (nSPS) is 12.1. The van der Waals surface area contributed by atoms with E-state index in [0.29, 0.717) is 67.1 Å². The van der Waals surface area contributed by atoms with Crippen LogP contribution in [0, 0.1) is 0 Å². The van der Waals surface area contributed by atoms with Crippen molar-refractivity contribution < 1.29 is 28.6 Å². The van der Waals surface area contributed by atoms with Gasteiger partial charge >= 0.3 is 6.09 Å². The molecule has 0 aliphatic heterocycles. The van der Waals surface area contributed by atoms with Crippen molar-refractivity contribution in [3.63, 3.8) is 0 Å². The van der Waals surface area contributed by atoms with Gasteiger partial charge in [0.25, 0.3) is 11.8 Å². The number of alkyl carbamates (subject to hydrolysis) is 1. The van der Waals surface area contributed by atoms with E-state index >= 15 is 0 Å². The Morgan fingerprint density at radius 1 is 0.955 bits per heavy atom.